The summed E-state index contributed by atoms with van der Waals surface area (Å²) in [5, 5.41) is 11.8. The van der Waals surface area contributed by atoms with E-state index in [4.69, 9.17) is 9.47 Å². The highest BCUT2D eigenvalue weighted by atomic mass is 79.9. The third-order valence-electron chi connectivity index (χ3n) is 6.21. The molecule has 0 aromatic heterocycles. The molecule has 0 aliphatic heterocycles. The zero-order valence-corrected chi connectivity index (χ0v) is 26.3. The number of nitro benzene ring substituents is 1. The number of esters is 2. The van der Waals surface area contributed by atoms with E-state index < -0.39 is 22.5 Å². The lowest BCUT2D eigenvalue weighted by atomic mass is 10.1. The van der Waals surface area contributed by atoms with Crippen LogP contribution >= 0.6 is 31.9 Å². The Hall–Kier alpha value is -5.26. The second kappa shape index (κ2) is 14.5. The van der Waals surface area contributed by atoms with Crippen LogP contribution < -0.4 is 9.47 Å². The van der Waals surface area contributed by atoms with Crippen molar-refractivity contribution in [2.75, 3.05) is 0 Å². The molecule has 9 nitrogen and oxygen atoms in total. The number of benzene rings is 5. The molecule has 0 aliphatic rings. The first-order valence-electron chi connectivity index (χ1n) is 13.3. The molecular weight excluding hydrogens is 706 g/mol. The second-order valence-corrected chi connectivity index (χ2v) is 11.2. The van der Waals surface area contributed by atoms with Crippen LogP contribution in [-0.2, 0) is 0 Å². The molecular formula is C34H21Br2N3O6. The van der Waals surface area contributed by atoms with E-state index in [1.807, 2.05) is 48.5 Å². The Balaban J connectivity index is 1.22. The van der Waals surface area contributed by atoms with Crippen LogP contribution in [0.15, 0.2) is 134 Å². The first-order valence-corrected chi connectivity index (χ1v) is 14.8. The molecule has 0 amide bonds. The number of hydrogen-bond donors (Lipinski definition) is 0. The number of aliphatic imine (C=N–C) groups is 2. The van der Waals surface area contributed by atoms with Crippen molar-refractivity contribution >= 4 is 73.3 Å². The zero-order chi connectivity index (χ0) is 31.8. The minimum atomic E-state index is -0.946. The number of halogens is 2. The Labute approximate surface area is 274 Å². The van der Waals surface area contributed by atoms with Crippen molar-refractivity contribution < 1.29 is 24.0 Å². The Morgan fingerprint density at radius 1 is 0.622 bits per heavy atom. The van der Waals surface area contributed by atoms with Crippen LogP contribution in [0.25, 0.3) is 0 Å². The Bertz CT molecular complexity index is 1910. The van der Waals surface area contributed by atoms with Gasteiger partial charge >= 0.3 is 11.9 Å². The molecule has 0 radical (unpaired) electrons. The Morgan fingerprint density at radius 2 is 1.07 bits per heavy atom. The quantitative estimate of drug-likeness (QED) is 0.0491. The molecule has 0 unspecified atom stereocenters. The lowest BCUT2D eigenvalue weighted by molar-refractivity contribution is -0.385. The monoisotopic (exact) mass is 725 g/mol. The van der Waals surface area contributed by atoms with Crippen LogP contribution in [0.2, 0.25) is 0 Å². The molecule has 11 heteroatoms. The van der Waals surface area contributed by atoms with E-state index in [9.17, 15) is 19.7 Å². The molecule has 45 heavy (non-hydrogen) atoms. The summed E-state index contributed by atoms with van der Waals surface area (Å²) in [5.41, 5.74) is 2.07. The second-order valence-electron chi connectivity index (χ2n) is 9.38. The summed E-state index contributed by atoms with van der Waals surface area (Å²) >= 11 is 6.76. The van der Waals surface area contributed by atoms with Gasteiger partial charge < -0.3 is 9.47 Å². The summed E-state index contributed by atoms with van der Waals surface area (Å²) in [5.74, 6) is -1.35. The third-order valence-corrected chi connectivity index (χ3v) is 7.27. The van der Waals surface area contributed by atoms with Gasteiger partial charge in [-0.3, -0.25) is 20.1 Å². The number of carbonyl (C=O) groups excluding carboxylic acids is 2. The van der Waals surface area contributed by atoms with E-state index in [1.165, 1.54) is 6.07 Å². The maximum atomic E-state index is 12.8. The molecule has 5 aromatic carbocycles. The molecule has 222 valence electrons. The highest BCUT2D eigenvalue weighted by Gasteiger charge is 2.25. The van der Waals surface area contributed by atoms with Crippen LogP contribution in [0.3, 0.4) is 0 Å². The molecule has 0 saturated heterocycles. The zero-order valence-electron chi connectivity index (χ0n) is 23.2. The van der Waals surface area contributed by atoms with Gasteiger partial charge in [0.2, 0.25) is 0 Å². The topological polar surface area (TPSA) is 120 Å². The lowest BCUT2D eigenvalue weighted by Crippen LogP contribution is -2.14. The summed E-state index contributed by atoms with van der Waals surface area (Å²) in [7, 11) is 0. The predicted molar refractivity (Wildman–Crippen MR) is 179 cm³/mol. The van der Waals surface area contributed by atoms with Gasteiger partial charge in [-0.05, 0) is 120 Å². The SMILES string of the molecule is O=C(Oc1ccc(C=Nc2ccc(Br)cc2)cc1)c1ccc(C(=O)Oc2ccc(C=Nc3ccc(Br)cc3)cc2)c([N+](=O)[O-])c1. The fraction of sp³-hybridized carbons (Fsp3) is 0. The molecule has 0 saturated carbocycles. The average Bonchev–Trinajstić information content (AvgIpc) is 3.05. The molecule has 0 N–H and O–H groups in total. The molecule has 0 heterocycles. The van der Waals surface area contributed by atoms with Crippen LogP contribution in [-0.4, -0.2) is 29.3 Å². The van der Waals surface area contributed by atoms with Crippen molar-refractivity contribution in [1.82, 2.24) is 0 Å². The van der Waals surface area contributed by atoms with E-state index in [1.54, 1.807) is 61.0 Å². The van der Waals surface area contributed by atoms with Gasteiger partial charge in [0.15, 0.2) is 0 Å². The summed E-state index contributed by atoms with van der Waals surface area (Å²) in [6, 6.07) is 31.5. The van der Waals surface area contributed by atoms with E-state index in [2.05, 4.69) is 41.8 Å². The fourth-order valence-corrected chi connectivity index (χ4v) is 4.44. The maximum Gasteiger partial charge on any atom is 0.350 e. The molecule has 0 atom stereocenters. The standard InChI is InChI=1S/C34H21Br2N3O6/c35-25-6-10-27(11-7-25)37-20-22-1-14-29(15-2-22)44-33(40)24-5-18-31(32(19-24)39(42)43)34(41)45-30-16-3-23(4-17-30)21-38-28-12-8-26(36)9-13-28/h1-21H. The van der Waals surface area contributed by atoms with Gasteiger partial charge in [0.1, 0.15) is 17.1 Å². The maximum absolute atomic E-state index is 12.8. The Morgan fingerprint density at radius 3 is 1.51 bits per heavy atom. The van der Waals surface area contributed by atoms with Crippen LogP contribution in [0, 0.1) is 10.1 Å². The summed E-state index contributed by atoms with van der Waals surface area (Å²) in [6.45, 7) is 0. The smallest absolute Gasteiger partial charge is 0.350 e. The van der Waals surface area contributed by atoms with Gasteiger partial charge in [0.05, 0.1) is 21.9 Å². The number of nitro groups is 1. The van der Waals surface area contributed by atoms with Crippen molar-refractivity contribution in [3.8, 4) is 11.5 Å². The van der Waals surface area contributed by atoms with E-state index in [0.717, 1.165) is 43.6 Å². The van der Waals surface area contributed by atoms with Crippen molar-refractivity contribution in [1.29, 1.82) is 0 Å². The lowest BCUT2D eigenvalue weighted by Gasteiger charge is -2.08. The fourth-order valence-electron chi connectivity index (χ4n) is 3.91. The van der Waals surface area contributed by atoms with Gasteiger partial charge in [-0.2, -0.15) is 0 Å². The number of carbonyl (C=O) groups is 2. The average molecular weight is 727 g/mol. The van der Waals surface area contributed by atoms with E-state index >= 15 is 0 Å². The molecule has 0 aliphatic carbocycles. The highest BCUT2D eigenvalue weighted by molar-refractivity contribution is 9.10. The van der Waals surface area contributed by atoms with Crippen LogP contribution in [0.1, 0.15) is 31.8 Å². The summed E-state index contributed by atoms with van der Waals surface area (Å²) < 4.78 is 12.6. The minimum Gasteiger partial charge on any atom is -0.423 e. The van der Waals surface area contributed by atoms with Crippen molar-refractivity contribution in [3.63, 3.8) is 0 Å². The van der Waals surface area contributed by atoms with Gasteiger partial charge in [0.25, 0.3) is 5.69 Å². The molecule has 0 spiro atoms. The molecule has 0 bridgehead atoms. The predicted octanol–water partition coefficient (Wildman–Crippen LogP) is 9.06. The first-order chi connectivity index (χ1) is 21.7. The van der Waals surface area contributed by atoms with Gasteiger partial charge in [-0.15, -0.1) is 0 Å². The van der Waals surface area contributed by atoms with Gasteiger partial charge in [-0.25, -0.2) is 9.59 Å². The van der Waals surface area contributed by atoms with Crippen LogP contribution in [0.5, 0.6) is 11.5 Å². The minimum absolute atomic E-state index is 0.103. The number of hydrogen-bond acceptors (Lipinski definition) is 8. The van der Waals surface area contributed by atoms with Crippen molar-refractivity contribution in [2.45, 2.75) is 0 Å². The Kier molecular flexibility index (Phi) is 10.0. The first kappa shape index (κ1) is 31.2. The molecule has 5 rings (SSSR count). The largest absolute Gasteiger partial charge is 0.423 e. The molecule has 0 fully saturated rings. The number of rotatable bonds is 9. The highest BCUT2D eigenvalue weighted by Crippen LogP contribution is 2.25. The van der Waals surface area contributed by atoms with Crippen LogP contribution in [0.4, 0.5) is 17.1 Å². The third kappa shape index (κ3) is 8.65. The van der Waals surface area contributed by atoms with Gasteiger partial charge in [-0.1, -0.05) is 31.9 Å². The number of nitrogens with zero attached hydrogens (tertiary/aromatic N) is 3. The van der Waals surface area contributed by atoms with Crippen molar-refractivity contribution in [2.24, 2.45) is 9.98 Å². The van der Waals surface area contributed by atoms with Crippen molar-refractivity contribution in [3.05, 3.63) is 157 Å². The summed E-state index contributed by atoms with van der Waals surface area (Å²) in [6.07, 6.45) is 3.33. The molecule has 5 aromatic rings. The van der Waals surface area contributed by atoms with E-state index in [-0.39, 0.29) is 22.6 Å². The normalized spacial score (nSPS) is 11.1. The van der Waals surface area contributed by atoms with Gasteiger partial charge in [0, 0.05) is 27.4 Å². The number of ether oxygens (including phenoxy) is 2. The van der Waals surface area contributed by atoms with E-state index in [0.29, 0.717) is 0 Å². The summed E-state index contributed by atoms with van der Waals surface area (Å²) in [4.78, 5) is 45.4.